The predicted octanol–water partition coefficient (Wildman–Crippen LogP) is 4.80. The van der Waals surface area contributed by atoms with E-state index in [0.717, 1.165) is 5.56 Å². The van der Waals surface area contributed by atoms with Crippen LogP contribution in [0.25, 0.3) is 0 Å². The fourth-order valence-electron chi connectivity index (χ4n) is 3.89. The summed E-state index contributed by atoms with van der Waals surface area (Å²) < 4.78 is 19.7. The molecule has 28 heavy (non-hydrogen) atoms. The van der Waals surface area contributed by atoms with Crippen LogP contribution in [0, 0.1) is 17.1 Å². The second kappa shape index (κ2) is 7.25. The zero-order valence-electron chi connectivity index (χ0n) is 14.8. The van der Waals surface area contributed by atoms with Gasteiger partial charge in [-0.05, 0) is 45.1 Å². The van der Waals surface area contributed by atoms with Crippen LogP contribution in [0.4, 0.5) is 4.39 Å². The fraction of sp³-hybridized carbons (Fsp3) is 0.182. The summed E-state index contributed by atoms with van der Waals surface area (Å²) in [5.74, 6) is -0.681. The molecule has 4 nitrogen and oxygen atoms in total. The third kappa shape index (κ3) is 3.12. The van der Waals surface area contributed by atoms with Crippen molar-refractivity contribution in [3.63, 3.8) is 0 Å². The van der Waals surface area contributed by atoms with Gasteiger partial charge >= 0.3 is 0 Å². The molecule has 0 fully saturated rings. The fourth-order valence-corrected chi connectivity index (χ4v) is 4.29. The minimum absolute atomic E-state index is 0.00629. The Kier molecular flexibility index (Phi) is 4.78. The molecular weight excluding hydrogens is 423 g/mol. The van der Waals surface area contributed by atoms with Gasteiger partial charge in [0.25, 0.3) is 0 Å². The maximum Gasteiger partial charge on any atom is 0.205 e. The molecule has 0 aromatic heterocycles. The number of ketones is 1. The average Bonchev–Trinajstić information content (AvgIpc) is 2.69. The van der Waals surface area contributed by atoms with Crippen molar-refractivity contribution in [3.8, 4) is 6.07 Å². The van der Waals surface area contributed by atoms with Crippen molar-refractivity contribution < 1.29 is 13.9 Å². The van der Waals surface area contributed by atoms with Crippen LogP contribution < -0.4 is 5.73 Å². The highest BCUT2D eigenvalue weighted by Crippen LogP contribution is 2.47. The Morgan fingerprint density at radius 2 is 1.89 bits per heavy atom. The van der Waals surface area contributed by atoms with E-state index >= 15 is 0 Å². The van der Waals surface area contributed by atoms with Gasteiger partial charge in [0.05, 0.1) is 10.4 Å². The normalized spacial score (nSPS) is 21.8. The number of ether oxygens (including phenoxy) is 1. The van der Waals surface area contributed by atoms with Gasteiger partial charge in [0.1, 0.15) is 23.2 Å². The van der Waals surface area contributed by atoms with Gasteiger partial charge in [-0.1, -0.05) is 36.4 Å². The zero-order chi connectivity index (χ0) is 19.8. The summed E-state index contributed by atoms with van der Waals surface area (Å²) >= 11 is 3.18. The molecule has 2 aliphatic rings. The Morgan fingerprint density at radius 3 is 2.57 bits per heavy atom. The molecule has 0 bridgehead atoms. The third-order valence-electron chi connectivity index (χ3n) is 5.21. The molecule has 1 aliphatic heterocycles. The molecule has 2 atom stereocenters. The van der Waals surface area contributed by atoms with Crippen molar-refractivity contribution in [2.45, 2.75) is 24.7 Å². The molecule has 2 aromatic carbocycles. The summed E-state index contributed by atoms with van der Waals surface area (Å²) in [6, 6.07) is 16.3. The van der Waals surface area contributed by atoms with E-state index in [4.69, 9.17) is 10.5 Å². The van der Waals surface area contributed by atoms with Crippen LogP contribution in [0.15, 0.2) is 75.8 Å². The second-order valence-electron chi connectivity index (χ2n) is 6.87. The number of benzene rings is 2. The number of Topliss-reactive ketones (excluding diaryl/α,β-unsaturated/α-hetero) is 1. The van der Waals surface area contributed by atoms with Crippen molar-refractivity contribution in [3.05, 3.63) is 92.7 Å². The maximum atomic E-state index is 13.7. The highest BCUT2D eigenvalue weighted by atomic mass is 79.9. The molecule has 0 unspecified atom stereocenters. The highest BCUT2D eigenvalue weighted by Gasteiger charge is 2.41. The molecule has 4 rings (SSSR count). The summed E-state index contributed by atoms with van der Waals surface area (Å²) in [6.45, 7) is 0. The van der Waals surface area contributed by atoms with Crippen molar-refractivity contribution in [2.75, 3.05) is 0 Å². The quantitative estimate of drug-likeness (QED) is 0.730. The van der Waals surface area contributed by atoms with Gasteiger partial charge < -0.3 is 10.5 Å². The molecule has 1 aliphatic carbocycles. The Hall–Kier alpha value is -2.91. The maximum absolute atomic E-state index is 13.7. The Labute approximate surface area is 170 Å². The Morgan fingerprint density at radius 1 is 1.14 bits per heavy atom. The number of nitrogens with two attached hydrogens (primary N) is 1. The Bertz CT molecular complexity index is 1070. The molecule has 0 saturated heterocycles. The van der Waals surface area contributed by atoms with E-state index in [1.165, 1.54) is 6.07 Å². The van der Waals surface area contributed by atoms with E-state index in [2.05, 4.69) is 22.0 Å². The van der Waals surface area contributed by atoms with E-state index < -0.39 is 11.7 Å². The standard InChI is InChI=1S/C22H16BrFN2O2/c23-16-8-13(6-7-17(16)24)20-15(11-25)22(26)28-19-10-14(9-18(27)21(19)20)12-4-2-1-3-5-12/h1-8,14,20H,9-10,26H2/t14-,20+/m0/s1. The van der Waals surface area contributed by atoms with E-state index in [1.54, 1.807) is 12.1 Å². The topological polar surface area (TPSA) is 76.1 Å². The van der Waals surface area contributed by atoms with Crippen LogP contribution in [0.5, 0.6) is 0 Å². The summed E-state index contributed by atoms with van der Waals surface area (Å²) in [4.78, 5) is 13.1. The van der Waals surface area contributed by atoms with Crippen molar-refractivity contribution in [2.24, 2.45) is 5.73 Å². The molecule has 140 valence electrons. The number of nitriles is 1. The van der Waals surface area contributed by atoms with E-state index in [9.17, 15) is 14.4 Å². The van der Waals surface area contributed by atoms with Crippen molar-refractivity contribution in [1.29, 1.82) is 5.26 Å². The van der Waals surface area contributed by atoms with Gasteiger partial charge in [-0.2, -0.15) is 5.26 Å². The van der Waals surface area contributed by atoms with Gasteiger partial charge in [-0.15, -0.1) is 0 Å². The van der Waals surface area contributed by atoms with Gasteiger partial charge in [0.15, 0.2) is 5.78 Å². The number of carbonyl (C=O) groups is 1. The minimum atomic E-state index is -0.658. The summed E-state index contributed by atoms with van der Waals surface area (Å²) in [7, 11) is 0. The summed E-state index contributed by atoms with van der Waals surface area (Å²) in [6.07, 6.45) is 0.840. The first-order chi connectivity index (χ1) is 13.5. The molecule has 2 N–H and O–H groups in total. The van der Waals surface area contributed by atoms with Crippen molar-refractivity contribution >= 4 is 21.7 Å². The predicted molar refractivity (Wildman–Crippen MR) is 105 cm³/mol. The summed E-state index contributed by atoms with van der Waals surface area (Å²) in [5, 5.41) is 9.64. The van der Waals surface area contributed by atoms with Gasteiger partial charge in [0, 0.05) is 18.4 Å². The summed E-state index contributed by atoms with van der Waals surface area (Å²) in [5.41, 5.74) is 8.31. The number of rotatable bonds is 2. The lowest BCUT2D eigenvalue weighted by Gasteiger charge is -2.34. The van der Waals surface area contributed by atoms with E-state index in [0.29, 0.717) is 29.7 Å². The van der Waals surface area contributed by atoms with Crippen LogP contribution in [-0.4, -0.2) is 5.78 Å². The first-order valence-corrected chi connectivity index (χ1v) is 9.62. The SMILES string of the molecule is N#CC1=C(N)OC2=C(C(=O)C[C@H](c3ccccc3)C2)[C@@H]1c1ccc(F)c(Br)c1. The molecule has 6 heteroatoms. The molecule has 1 heterocycles. The largest absolute Gasteiger partial charge is 0.444 e. The van der Waals surface area contributed by atoms with Gasteiger partial charge in [0.2, 0.25) is 5.88 Å². The van der Waals surface area contributed by atoms with E-state index in [-0.39, 0.29) is 27.6 Å². The molecule has 0 radical (unpaired) electrons. The number of nitrogens with zero attached hydrogens (tertiary/aromatic N) is 1. The first kappa shape index (κ1) is 18.5. The lowest BCUT2D eigenvalue weighted by Crippen LogP contribution is -2.29. The number of allylic oxidation sites excluding steroid dienone is 3. The van der Waals surface area contributed by atoms with Crippen LogP contribution in [0.2, 0.25) is 0 Å². The molecule has 0 amide bonds. The number of carbonyl (C=O) groups excluding carboxylic acids is 1. The van der Waals surface area contributed by atoms with Gasteiger partial charge in [-0.25, -0.2) is 4.39 Å². The third-order valence-corrected chi connectivity index (χ3v) is 5.82. The zero-order valence-corrected chi connectivity index (χ0v) is 16.4. The first-order valence-electron chi connectivity index (χ1n) is 8.83. The number of halogens is 2. The Balaban J connectivity index is 1.81. The smallest absolute Gasteiger partial charge is 0.205 e. The number of hydrogen-bond acceptors (Lipinski definition) is 4. The van der Waals surface area contributed by atoms with Gasteiger partial charge in [-0.3, -0.25) is 4.79 Å². The minimum Gasteiger partial charge on any atom is -0.444 e. The molecule has 0 spiro atoms. The number of hydrogen-bond donors (Lipinski definition) is 1. The van der Waals surface area contributed by atoms with Crippen LogP contribution in [0.1, 0.15) is 35.8 Å². The van der Waals surface area contributed by atoms with E-state index in [1.807, 2.05) is 30.3 Å². The van der Waals surface area contributed by atoms with Crippen LogP contribution in [-0.2, 0) is 9.53 Å². The monoisotopic (exact) mass is 438 g/mol. The highest BCUT2D eigenvalue weighted by molar-refractivity contribution is 9.10. The lowest BCUT2D eigenvalue weighted by atomic mass is 9.73. The molecule has 2 aromatic rings. The molecule has 0 saturated carbocycles. The van der Waals surface area contributed by atoms with Crippen LogP contribution >= 0.6 is 15.9 Å². The second-order valence-corrected chi connectivity index (χ2v) is 7.73. The average molecular weight is 439 g/mol. The van der Waals surface area contributed by atoms with Crippen molar-refractivity contribution in [1.82, 2.24) is 0 Å². The molecular formula is C22H16BrFN2O2. The van der Waals surface area contributed by atoms with Crippen LogP contribution in [0.3, 0.4) is 0 Å². The lowest BCUT2D eigenvalue weighted by molar-refractivity contribution is -0.117.